The maximum Gasteiger partial charge on any atom is 0.245 e. The highest BCUT2D eigenvalue weighted by Gasteiger charge is 2.27. The molecular formula is C32H41FN4O2S. The highest BCUT2D eigenvalue weighted by atomic mass is 32.2. The molecule has 0 saturated heterocycles. The lowest BCUT2D eigenvalue weighted by Gasteiger charge is -2.24. The molecule has 5 rings (SSSR count). The van der Waals surface area contributed by atoms with Gasteiger partial charge in [-0.25, -0.2) is 17.4 Å². The SMILES string of the molecule is O=S(=O)(C1C=CC=CCC1)n1cc(CN(CCCCNC2CCCCC2)Cc2ccnc(F)c2)c2ccccc21. The molecule has 0 amide bonds. The summed E-state index contributed by atoms with van der Waals surface area (Å²) in [5.41, 5.74) is 2.53. The summed E-state index contributed by atoms with van der Waals surface area (Å²) in [6.45, 7) is 2.98. The Kier molecular flexibility index (Phi) is 9.83. The lowest BCUT2D eigenvalue weighted by Crippen LogP contribution is -2.32. The molecule has 1 saturated carbocycles. The first kappa shape index (κ1) is 28.7. The number of pyridine rings is 1. The summed E-state index contributed by atoms with van der Waals surface area (Å²) in [5.74, 6) is -0.484. The van der Waals surface area contributed by atoms with Crippen LogP contribution in [0.2, 0.25) is 0 Å². The van der Waals surface area contributed by atoms with Crippen molar-refractivity contribution >= 4 is 20.9 Å². The van der Waals surface area contributed by atoms with Gasteiger partial charge in [-0.15, -0.1) is 0 Å². The van der Waals surface area contributed by atoms with Gasteiger partial charge in [0.25, 0.3) is 0 Å². The minimum Gasteiger partial charge on any atom is -0.314 e. The first-order chi connectivity index (χ1) is 19.5. The molecule has 1 fully saturated rings. The number of unbranched alkanes of at least 4 members (excludes halogenated alkanes) is 1. The second kappa shape index (κ2) is 13.7. The molecule has 3 aromatic rings. The van der Waals surface area contributed by atoms with E-state index in [0.717, 1.165) is 48.9 Å². The van der Waals surface area contributed by atoms with Crippen molar-refractivity contribution in [3.63, 3.8) is 0 Å². The van der Waals surface area contributed by atoms with Crippen molar-refractivity contribution in [3.8, 4) is 0 Å². The van der Waals surface area contributed by atoms with E-state index in [-0.39, 0.29) is 0 Å². The minimum atomic E-state index is -3.62. The average molecular weight is 565 g/mol. The van der Waals surface area contributed by atoms with Crippen LogP contribution in [0.4, 0.5) is 4.39 Å². The Morgan fingerprint density at radius 2 is 1.88 bits per heavy atom. The molecule has 214 valence electrons. The molecule has 40 heavy (non-hydrogen) atoms. The zero-order valence-electron chi connectivity index (χ0n) is 23.2. The van der Waals surface area contributed by atoms with Gasteiger partial charge in [0.15, 0.2) is 0 Å². The molecule has 0 radical (unpaired) electrons. The van der Waals surface area contributed by atoms with E-state index in [9.17, 15) is 12.8 Å². The fourth-order valence-corrected chi connectivity index (χ4v) is 7.72. The zero-order valence-corrected chi connectivity index (χ0v) is 24.0. The highest BCUT2D eigenvalue weighted by molar-refractivity contribution is 7.90. The minimum absolute atomic E-state index is 0.484. The van der Waals surface area contributed by atoms with Crippen LogP contribution in [0, 0.1) is 5.95 Å². The van der Waals surface area contributed by atoms with Crippen LogP contribution >= 0.6 is 0 Å². The predicted molar refractivity (Wildman–Crippen MR) is 160 cm³/mol. The number of hydrogen-bond acceptors (Lipinski definition) is 5. The fraction of sp³-hybridized carbons (Fsp3) is 0.469. The van der Waals surface area contributed by atoms with Crippen LogP contribution in [-0.2, 0) is 23.1 Å². The number of hydrogen-bond donors (Lipinski definition) is 1. The van der Waals surface area contributed by atoms with Gasteiger partial charge in [-0.2, -0.15) is 4.39 Å². The molecule has 6 nitrogen and oxygen atoms in total. The Morgan fingerprint density at radius 1 is 1.02 bits per heavy atom. The summed E-state index contributed by atoms with van der Waals surface area (Å²) in [4.78, 5) is 6.01. The standard InChI is InChI=1S/C32H41FN4O2S/c33-32-22-26(18-20-35-32)23-36(21-11-10-19-34-28-12-4-3-5-13-28)24-27-25-37(31-17-9-8-16-30(27)31)40(38,39)29-14-6-1-2-7-15-29/h1-2,6,8-9,14,16-18,20,22,25,28-29,34H,3-5,7,10-13,15,19,21,23-24H2. The Morgan fingerprint density at radius 3 is 2.73 bits per heavy atom. The van der Waals surface area contributed by atoms with Crippen molar-refractivity contribution in [1.29, 1.82) is 0 Å². The van der Waals surface area contributed by atoms with Crippen molar-refractivity contribution in [2.24, 2.45) is 0 Å². The van der Waals surface area contributed by atoms with Crippen LogP contribution < -0.4 is 5.32 Å². The number of para-hydroxylation sites is 1. The van der Waals surface area contributed by atoms with Crippen LogP contribution in [-0.4, -0.2) is 46.7 Å². The average Bonchev–Trinajstić information content (AvgIpc) is 3.12. The largest absolute Gasteiger partial charge is 0.314 e. The number of rotatable bonds is 12. The van der Waals surface area contributed by atoms with Gasteiger partial charge in [-0.1, -0.05) is 61.8 Å². The molecule has 2 heterocycles. The molecule has 0 bridgehead atoms. The normalized spacial score (nSPS) is 18.5. The second-order valence-electron chi connectivity index (χ2n) is 11.1. The van der Waals surface area contributed by atoms with E-state index >= 15 is 0 Å². The molecule has 0 spiro atoms. The van der Waals surface area contributed by atoms with E-state index < -0.39 is 21.2 Å². The molecule has 0 aliphatic heterocycles. The van der Waals surface area contributed by atoms with Gasteiger partial charge in [-0.05, 0) is 80.9 Å². The predicted octanol–water partition coefficient (Wildman–Crippen LogP) is 6.33. The lowest BCUT2D eigenvalue weighted by atomic mass is 9.95. The summed E-state index contributed by atoms with van der Waals surface area (Å²) in [7, 11) is -3.62. The Labute approximate surface area is 238 Å². The second-order valence-corrected chi connectivity index (χ2v) is 13.2. The van der Waals surface area contributed by atoms with E-state index in [1.165, 1.54) is 48.3 Å². The molecule has 2 aromatic heterocycles. The molecule has 1 atom stereocenters. The summed E-state index contributed by atoms with van der Waals surface area (Å²) in [5, 5.41) is 4.09. The van der Waals surface area contributed by atoms with Crippen LogP contribution in [0.1, 0.15) is 68.9 Å². The van der Waals surface area contributed by atoms with Crippen LogP contribution in [0.25, 0.3) is 10.9 Å². The summed E-state index contributed by atoms with van der Waals surface area (Å²) in [6.07, 6.45) is 20.8. The highest BCUT2D eigenvalue weighted by Crippen LogP contribution is 2.28. The van der Waals surface area contributed by atoms with Crippen molar-refractivity contribution in [1.82, 2.24) is 19.2 Å². The summed E-state index contributed by atoms with van der Waals surface area (Å²) < 4.78 is 42.9. The lowest BCUT2D eigenvalue weighted by molar-refractivity contribution is 0.250. The molecule has 2 aliphatic carbocycles. The number of halogens is 1. The third kappa shape index (κ3) is 7.28. The first-order valence-corrected chi connectivity index (χ1v) is 16.2. The maximum atomic E-state index is 13.9. The molecule has 1 aromatic carbocycles. The number of benzene rings is 1. The van der Waals surface area contributed by atoms with Gasteiger partial charge in [0.05, 0.1) is 10.8 Å². The maximum absolute atomic E-state index is 13.9. The van der Waals surface area contributed by atoms with Crippen LogP contribution in [0.15, 0.2) is 73.1 Å². The topological polar surface area (TPSA) is 67.2 Å². The zero-order chi connectivity index (χ0) is 27.8. The first-order valence-electron chi connectivity index (χ1n) is 14.7. The fourth-order valence-electron chi connectivity index (χ4n) is 6.00. The number of aromatic nitrogens is 2. The third-order valence-corrected chi connectivity index (χ3v) is 10.1. The van der Waals surface area contributed by atoms with Gasteiger partial charge < -0.3 is 5.32 Å². The molecule has 1 N–H and O–H groups in total. The van der Waals surface area contributed by atoms with Crippen LogP contribution in [0.3, 0.4) is 0 Å². The Hall–Kier alpha value is -2.81. The van der Waals surface area contributed by atoms with E-state index in [1.54, 1.807) is 12.3 Å². The Balaban J connectivity index is 1.34. The molecule has 2 aliphatic rings. The van der Waals surface area contributed by atoms with E-state index in [1.807, 2.05) is 48.6 Å². The van der Waals surface area contributed by atoms with Gasteiger partial charge in [0, 0.05) is 36.9 Å². The van der Waals surface area contributed by atoms with Gasteiger partial charge >= 0.3 is 0 Å². The monoisotopic (exact) mass is 564 g/mol. The number of fused-ring (bicyclic) bond motifs is 1. The number of nitrogens with one attached hydrogen (secondary N) is 1. The molecule has 8 heteroatoms. The molecular weight excluding hydrogens is 523 g/mol. The van der Waals surface area contributed by atoms with Crippen molar-refractivity contribution in [2.75, 3.05) is 13.1 Å². The van der Waals surface area contributed by atoms with E-state index in [2.05, 4.69) is 15.2 Å². The molecule has 1 unspecified atom stereocenters. The van der Waals surface area contributed by atoms with Crippen LogP contribution in [0.5, 0.6) is 0 Å². The van der Waals surface area contributed by atoms with E-state index in [0.29, 0.717) is 31.1 Å². The van der Waals surface area contributed by atoms with Gasteiger partial charge in [0.1, 0.15) is 0 Å². The summed E-state index contributed by atoms with van der Waals surface area (Å²) >= 11 is 0. The Bertz CT molecular complexity index is 1430. The third-order valence-electron chi connectivity index (χ3n) is 8.14. The van der Waals surface area contributed by atoms with Gasteiger partial charge in [-0.3, -0.25) is 4.90 Å². The van der Waals surface area contributed by atoms with Crippen molar-refractivity contribution in [2.45, 2.75) is 82.2 Å². The quantitative estimate of drug-likeness (QED) is 0.206. The smallest absolute Gasteiger partial charge is 0.245 e. The number of nitrogens with zero attached hydrogens (tertiary/aromatic N) is 3. The van der Waals surface area contributed by atoms with Crippen molar-refractivity contribution in [3.05, 3.63) is 90.2 Å². The number of allylic oxidation sites excluding steroid dienone is 3. The summed E-state index contributed by atoms with van der Waals surface area (Å²) in [6, 6.07) is 11.7. The van der Waals surface area contributed by atoms with Gasteiger partial charge in [0.2, 0.25) is 16.0 Å². The van der Waals surface area contributed by atoms with Crippen molar-refractivity contribution < 1.29 is 12.8 Å². The van der Waals surface area contributed by atoms with E-state index in [4.69, 9.17) is 0 Å².